The largest absolute Gasteiger partial charge is 0.444 e. The topological polar surface area (TPSA) is 110 Å². The average molecular weight is 556 g/mol. The van der Waals surface area contributed by atoms with Crippen LogP contribution >= 0.6 is 11.6 Å². The molecule has 2 bridgehead atoms. The Kier molecular flexibility index (Phi) is 6.60. The summed E-state index contributed by atoms with van der Waals surface area (Å²) in [6.07, 6.45) is 4.98. The van der Waals surface area contributed by atoms with Crippen molar-refractivity contribution < 1.29 is 23.8 Å². The van der Waals surface area contributed by atoms with Gasteiger partial charge in [-0.3, -0.25) is 9.88 Å². The Hall–Kier alpha value is -3.08. The molecule has 9 nitrogen and oxygen atoms in total. The van der Waals surface area contributed by atoms with Gasteiger partial charge in [-0.2, -0.15) is 0 Å². The Morgan fingerprint density at radius 3 is 2.82 bits per heavy atom. The number of halogens is 2. The van der Waals surface area contributed by atoms with E-state index >= 15 is 4.39 Å². The van der Waals surface area contributed by atoms with Crippen LogP contribution in [0.15, 0.2) is 24.5 Å². The van der Waals surface area contributed by atoms with Crippen LogP contribution in [0.25, 0.3) is 22.2 Å². The Balaban J connectivity index is 1.41. The van der Waals surface area contributed by atoms with Crippen molar-refractivity contribution in [2.24, 2.45) is 0 Å². The highest BCUT2D eigenvalue weighted by Gasteiger charge is 2.45. The molecule has 2 aromatic heterocycles. The first kappa shape index (κ1) is 26.2. The maximum absolute atomic E-state index is 15.6. The minimum atomic E-state index is -0.694. The molecule has 11 heteroatoms. The summed E-state index contributed by atoms with van der Waals surface area (Å²) < 4.78 is 26.6. The molecule has 5 heterocycles. The number of hydrogen-bond acceptors (Lipinski definition) is 8. The molecular weight excluding hydrogens is 525 g/mol. The molecule has 2 N–H and O–H groups in total. The van der Waals surface area contributed by atoms with Crippen molar-refractivity contribution in [2.45, 2.75) is 76.3 Å². The number of nitrogens with one attached hydrogen (secondary N) is 1. The summed E-state index contributed by atoms with van der Waals surface area (Å²) in [4.78, 5) is 28.3. The molecule has 2 saturated heterocycles. The number of aliphatic hydroxyl groups is 1. The second kappa shape index (κ2) is 9.83. The third-order valence-electron chi connectivity index (χ3n) is 7.60. The average Bonchev–Trinajstić information content (AvgIpc) is 3.19. The van der Waals surface area contributed by atoms with Gasteiger partial charge in [0, 0.05) is 29.8 Å². The lowest BCUT2D eigenvalue weighted by Gasteiger charge is -2.37. The second-order valence-corrected chi connectivity index (χ2v) is 11.9. The number of fused-ring (bicyclic) bond motifs is 6. The number of aromatic nitrogens is 3. The van der Waals surface area contributed by atoms with Crippen molar-refractivity contribution in [3.05, 3.63) is 46.5 Å². The zero-order valence-corrected chi connectivity index (χ0v) is 22.8. The van der Waals surface area contributed by atoms with Gasteiger partial charge in [0.25, 0.3) is 0 Å². The highest BCUT2D eigenvalue weighted by Crippen LogP contribution is 2.47. The number of pyridine rings is 1. The first-order valence-electron chi connectivity index (χ1n) is 13.3. The van der Waals surface area contributed by atoms with Gasteiger partial charge in [-0.05, 0) is 69.7 Å². The molecule has 0 radical (unpaired) electrons. The third kappa shape index (κ3) is 4.90. The van der Waals surface area contributed by atoms with Crippen molar-refractivity contribution in [3.8, 4) is 11.3 Å². The maximum atomic E-state index is 15.6. The number of aliphatic hydroxyl groups excluding tert-OH is 1. The molecule has 2 fully saturated rings. The summed E-state index contributed by atoms with van der Waals surface area (Å²) in [6, 6.07) is 2.73. The summed E-state index contributed by atoms with van der Waals surface area (Å²) in [6.45, 7) is 6.30. The quantitative estimate of drug-likeness (QED) is 0.462. The van der Waals surface area contributed by atoms with Gasteiger partial charge in [-0.25, -0.2) is 19.2 Å². The van der Waals surface area contributed by atoms with Crippen LogP contribution in [0.4, 0.5) is 15.1 Å². The fourth-order valence-corrected chi connectivity index (χ4v) is 6.12. The van der Waals surface area contributed by atoms with E-state index in [-0.39, 0.29) is 47.3 Å². The summed E-state index contributed by atoms with van der Waals surface area (Å²) in [7, 11) is 0. The van der Waals surface area contributed by atoms with Crippen molar-refractivity contribution >= 4 is 34.5 Å². The standard InChI is InChI=1S/C28H31ClFN5O4/c1-28(2,3)39-27(37)35-16-4-5-21(35)23-15(8-16)11-31-25-17(23)9-14(10-19(25)30)24-18(29)12-32-26(34-24)33-20-6-7-38-13-22(20)36/h9-12,16,20-22,36H,4-8,13H2,1-3H3,(H,32,33,34)/t16?,20-,21?,22-/m1/s1. The minimum Gasteiger partial charge on any atom is -0.444 e. The van der Waals surface area contributed by atoms with E-state index in [9.17, 15) is 9.90 Å². The number of rotatable bonds is 3. The van der Waals surface area contributed by atoms with Crippen molar-refractivity contribution in [3.63, 3.8) is 0 Å². The molecule has 206 valence electrons. The molecule has 6 rings (SSSR count). The van der Waals surface area contributed by atoms with Crippen LogP contribution in [0.2, 0.25) is 5.02 Å². The van der Waals surface area contributed by atoms with E-state index in [4.69, 9.17) is 21.1 Å². The molecular formula is C28H31ClFN5O4. The molecule has 1 aromatic carbocycles. The molecule has 3 aliphatic heterocycles. The van der Waals surface area contributed by atoms with Crippen LogP contribution in [0.1, 0.15) is 57.2 Å². The fourth-order valence-electron chi connectivity index (χ4n) is 5.92. The summed E-state index contributed by atoms with van der Waals surface area (Å²) in [5, 5.41) is 14.3. The lowest BCUT2D eigenvalue weighted by atomic mass is 9.90. The van der Waals surface area contributed by atoms with E-state index in [1.807, 2.05) is 31.7 Å². The van der Waals surface area contributed by atoms with Crippen LogP contribution in [0.3, 0.4) is 0 Å². The van der Waals surface area contributed by atoms with Gasteiger partial charge >= 0.3 is 6.09 Å². The van der Waals surface area contributed by atoms with Gasteiger partial charge in [-0.1, -0.05) is 11.6 Å². The molecule has 0 aliphatic carbocycles. The first-order valence-corrected chi connectivity index (χ1v) is 13.6. The van der Waals surface area contributed by atoms with Gasteiger partial charge in [-0.15, -0.1) is 0 Å². The summed E-state index contributed by atoms with van der Waals surface area (Å²) >= 11 is 6.51. The van der Waals surface area contributed by atoms with E-state index in [0.29, 0.717) is 36.1 Å². The molecule has 0 saturated carbocycles. The molecule has 39 heavy (non-hydrogen) atoms. The number of anilines is 1. The van der Waals surface area contributed by atoms with E-state index in [2.05, 4.69) is 20.3 Å². The normalized spacial score (nSPS) is 24.5. The second-order valence-electron chi connectivity index (χ2n) is 11.5. The molecule has 4 atom stereocenters. The SMILES string of the molecule is CC(C)(C)OC(=O)N1C2CCC1c1c(cnc3c(F)cc(-c4nc(N[C@@H]5CCOC[C@H]5O)ncc4Cl)cc13)C2. The van der Waals surface area contributed by atoms with Crippen LogP contribution < -0.4 is 5.32 Å². The number of amides is 1. The highest BCUT2D eigenvalue weighted by atomic mass is 35.5. The third-order valence-corrected chi connectivity index (χ3v) is 7.88. The van der Waals surface area contributed by atoms with Crippen molar-refractivity contribution in [1.82, 2.24) is 19.9 Å². The molecule has 2 unspecified atom stereocenters. The zero-order valence-electron chi connectivity index (χ0n) is 22.1. The van der Waals surface area contributed by atoms with Gasteiger partial charge in [0.2, 0.25) is 5.95 Å². The van der Waals surface area contributed by atoms with E-state index < -0.39 is 17.5 Å². The number of hydrogen-bond donors (Lipinski definition) is 2. The maximum Gasteiger partial charge on any atom is 0.411 e. The van der Waals surface area contributed by atoms with E-state index in [0.717, 1.165) is 24.0 Å². The van der Waals surface area contributed by atoms with Crippen LogP contribution in [0.5, 0.6) is 0 Å². The monoisotopic (exact) mass is 555 g/mol. The Morgan fingerprint density at radius 2 is 2.05 bits per heavy atom. The van der Waals surface area contributed by atoms with Gasteiger partial charge in [0.05, 0.1) is 41.7 Å². The Labute approximate surface area is 230 Å². The van der Waals surface area contributed by atoms with Crippen LogP contribution in [-0.2, 0) is 15.9 Å². The Morgan fingerprint density at radius 1 is 1.23 bits per heavy atom. The summed E-state index contributed by atoms with van der Waals surface area (Å²) in [5.41, 5.74) is 2.36. The van der Waals surface area contributed by atoms with Crippen molar-refractivity contribution in [2.75, 3.05) is 18.5 Å². The molecule has 0 spiro atoms. The zero-order chi connectivity index (χ0) is 27.5. The van der Waals surface area contributed by atoms with Crippen molar-refractivity contribution in [1.29, 1.82) is 0 Å². The fraction of sp³-hybridized carbons (Fsp3) is 0.500. The van der Waals surface area contributed by atoms with Gasteiger partial charge in [0.15, 0.2) is 0 Å². The number of nitrogens with zero attached hydrogens (tertiary/aromatic N) is 4. The van der Waals surface area contributed by atoms with Crippen LogP contribution in [-0.4, -0.2) is 68.1 Å². The van der Waals surface area contributed by atoms with Gasteiger partial charge < -0.3 is 19.9 Å². The van der Waals surface area contributed by atoms with E-state index in [1.54, 1.807) is 6.20 Å². The number of carbonyl (C=O) groups is 1. The minimum absolute atomic E-state index is 0.0232. The van der Waals surface area contributed by atoms with Gasteiger partial charge in [0.1, 0.15) is 16.9 Å². The lowest BCUT2D eigenvalue weighted by molar-refractivity contribution is -0.0136. The predicted octanol–water partition coefficient (Wildman–Crippen LogP) is 5.04. The highest BCUT2D eigenvalue weighted by molar-refractivity contribution is 6.33. The number of carbonyl (C=O) groups excluding carboxylic acids is 1. The number of benzene rings is 1. The smallest absolute Gasteiger partial charge is 0.411 e. The predicted molar refractivity (Wildman–Crippen MR) is 144 cm³/mol. The van der Waals surface area contributed by atoms with Crippen LogP contribution in [0, 0.1) is 5.82 Å². The van der Waals surface area contributed by atoms with E-state index in [1.165, 1.54) is 12.3 Å². The first-order chi connectivity index (χ1) is 18.6. The Bertz CT molecular complexity index is 1450. The molecule has 3 aliphatic rings. The summed E-state index contributed by atoms with van der Waals surface area (Å²) in [5.74, 6) is -0.220. The number of ether oxygens (including phenoxy) is 2. The molecule has 1 amide bonds. The molecule has 3 aromatic rings. The lowest BCUT2D eigenvalue weighted by Crippen LogP contribution is -2.44.